The van der Waals surface area contributed by atoms with Crippen LogP contribution in [0.1, 0.15) is 46.3 Å². The lowest BCUT2D eigenvalue weighted by molar-refractivity contribution is 0.0731. The van der Waals surface area contributed by atoms with Gasteiger partial charge >= 0.3 is 0 Å². The summed E-state index contributed by atoms with van der Waals surface area (Å²) in [7, 11) is 0. The molecule has 1 amide bonds. The van der Waals surface area contributed by atoms with Gasteiger partial charge in [0.1, 0.15) is 17.8 Å². The number of hydrogen-bond donors (Lipinski definition) is 1. The van der Waals surface area contributed by atoms with Crippen LogP contribution in [-0.4, -0.2) is 47.8 Å². The molecule has 134 valence electrons. The summed E-state index contributed by atoms with van der Waals surface area (Å²) in [5.74, 6) is 0.412. The first-order chi connectivity index (χ1) is 12.6. The standard InChI is InChI=1S/C17H18N6O3/c1-10-16(11(2)26-19-10)14-4-3-7-22(14)17(25)13-8-12(5-6-15(13)24)23-9-18-20-21-23/h5-6,8-9,14,24H,3-4,7H2,1-2H3/t14-/m1/s1. The Morgan fingerprint density at radius 3 is 2.88 bits per heavy atom. The molecule has 1 saturated heterocycles. The minimum atomic E-state index is -0.236. The average molecular weight is 354 g/mol. The number of carbonyl (C=O) groups is 1. The van der Waals surface area contributed by atoms with E-state index in [1.165, 1.54) is 17.1 Å². The Labute approximate surface area is 149 Å². The molecule has 1 aromatic carbocycles. The van der Waals surface area contributed by atoms with E-state index in [1.54, 1.807) is 17.0 Å². The summed E-state index contributed by atoms with van der Waals surface area (Å²) >= 11 is 0. The molecule has 1 atom stereocenters. The zero-order valence-electron chi connectivity index (χ0n) is 14.5. The molecule has 1 fully saturated rings. The molecule has 2 aromatic heterocycles. The van der Waals surface area contributed by atoms with Gasteiger partial charge in [0.2, 0.25) is 0 Å². The van der Waals surface area contributed by atoms with E-state index >= 15 is 0 Å². The number of amides is 1. The fourth-order valence-electron chi connectivity index (χ4n) is 3.55. The Hall–Kier alpha value is -3.23. The maximum atomic E-state index is 13.2. The second-order valence-electron chi connectivity index (χ2n) is 6.35. The molecule has 3 aromatic rings. The van der Waals surface area contributed by atoms with Gasteiger partial charge in [0.15, 0.2) is 0 Å². The van der Waals surface area contributed by atoms with Crippen molar-refractivity contribution in [3.8, 4) is 11.4 Å². The SMILES string of the molecule is Cc1noc(C)c1[C@H]1CCCN1C(=O)c1cc(-n2cnnn2)ccc1O. The quantitative estimate of drug-likeness (QED) is 0.765. The van der Waals surface area contributed by atoms with E-state index in [-0.39, 0.29) is 23.3 Å². The van der Waals surface area contributed by atoms with Crippen molar-refractivity contribution in [3.63, 3.8) is 0 Å². The highest BCUT2D eigenvalue weighted by Gasteiger charge is 2.35. The van der Waals surface area contributed by atoms with E-state index in [0.717, 1.165) is 29.9 Å². The summed E-state index contributed by atoms with van der Waals surface area (Å²) in [6.07, 6.45) is 3.15. The van der Waals surface area contributed by atoms with E-state index in [9.17, 15) is 9.90 Å². The van der Waals surface area contributed by atoms with Crippen LogP contribution in [0.2, 0.25) is 0 Å². The number of phenolic OH excluding ortho intramolecular Hbond substituents is 1. The van der Waals surface area contributed by atoms with Crippen molar-refractivity contribution in [1.29, 1.82) is 0 Å². The number of tetrazole rings is 1. The molecule has 1 N–H and O–H groups in total. The predicted octanol–water partition coefficient (Wildman–Crippen LogP) is 1.95. The third kappa shape index (κ3) is 2.61. The van der Waals surface area contributed by atoms with Crippen LogP contribution in [0.15, 0.2) is 29.0 Å². The minimum Gasteiger partial charge on any atom is -0.507 e. The fourth-order valence-corrected chi connectivity index (χ4v) is 3.55. The van der Waals surface area contributed by atoms with Crippen molar-refractivity contribution in [2.75, 3.05) is 6.54 Å². The van der Waals surface area contributed by atoms with Crippen LogP contribution >= 0.6 is 0 Å². The molecule has 0 bridgehead atoms. The normalized spacial score (nSPS) is 17.0. The Kier molecular flexibility index (Phi) is 3.90. The Morgan fingerprint density at radius 2 is 2.19 bits per heavy atom. The van der Waals surface area contributed by atoms with Gasteiger partial charge in [-0.1, -0.05) is 5.16 Å². The highest BCUT2D eigenvalue weighted by Crippen LogP contribution is 2.37. The first-order valence-corrected chi connectivity index (χ1v) is 8.36. The maximum absolute atomic E-state index is 13.2. The zero-order chi connectivity index (χ0) is 18.3. The number of aryl methyl sites for hydroxylation is 2. The van der Waals surface area contributed by atoms with E-state index in [2.05, 4.69) is 20.7 Å². The van der Waals surface area contributed by atoms with Gasteiger partial charge in [0.05, 0.1) is 23.0 Å². The van der Waals surface area contributed by atoms with Crippen molar-refractivity contribution >= 4 is 5.91 Å². The summed E-state index contributed by atoms with van der Waals surface area (Å²) in [6.45, 7) is 4.34. The lowest BCUT2D eigenvalue weighted by Gasteiger charge is -2.25. The van der Waals surface area contributed by atoms with Gasteiger partial charge < -0.3 is 14.5 Å². The van der Waals surface area contributed by atoms with Crippen LogP contribution in [-0.2, 0) is 0 Å². The number of aromatic nitrogens is 5. The van der Waals surface area contributed by atoms with E-state index in [4.69, 9.17) is 4.52 Å². The molecule has 9 heteroatoms. The highest BCUT2D eigenvalue weighted by atomic mass is 16.5. The minimum absolute atomic E-state index is 0.0729. The first-order valence-electron chi connectivity index (χ1n) is 8.36. The molecular weight excluding hydrogens is 336 g/mol. The fraction of sp³-hybridized carbons (Fsp3) is 0.353. The number of aromatic hydroxyl groups is 1. The molecule has 4 rings (SSSR count). The third-order valence-electron chi connectivity index (χ3n) is 4.76. The van der Waals surface area contributed by atoms with Gasteiger partial charge in [0.25, 0.3) is 5.91 Å². The van der Waals surface area contributed by atoms with Gasteiger partial charge in [-0.2, -0.15) is 0 Å². The van der Waals surface area contributed by atoms with Crippen LogP contribution in [0, 0.1) is 13.8 Å². The Morgan fingerprint density at radius 1 is 1.35 bits per heavy atom. The lowest BCUT2D eigenvalue weighted by Crippen LogP contribution is -2.31. The van der Waals surface area contributed by atoms with Crippen molar-refractivity contribution in [2.45, 2.75) is 32.7 Å². The molecule has 1 aliphatic heterocycles. The van der Waals surface area contributed by atoms with Crippen LogP contribution in [0.3, 0.4) is 0 Å². The molecule has 26 heavy (non-hydrogen) atoms. The molecule has 0 spiro atoms. The number of carbonyl (C=O) groups excluding carboxylic acids is 1. The molecule has 0 saturated carbocycles. The van der Waals surface area contributed by atoms with Gasteiger partial charge in [0, 0.05) is 12.1 Å². The molecule has 9 nitrogen and oxygen atoms in total. The van der Waals surface area contributed by atoms with Crippen molar-refractivity contribution < 1.29 is 14.4 Å². The van der Waals surface area contributed by atoms with Crippen LogP contribution in [0.5, 0.6) is 5.75 Å². The Balaban J connectivity index is 1.70. The first kappa shape index (κ1) is 16.2. The van der Waals surface area contributed by atoms with Crippen molar-refractivity contribution in [2.24, 2.45) is 0 Å². The molecule has 0 aliphatic carbocycles. The van der Waals surface area contributed by atoms with Gasteiger partial charge in [-0.05, 0) is 55.3 Å². The number of hydrogen-bond acceptors (Lipinski definition) is 7. The Bertz CT molecular complexity index is 930. The zero-order valence-corrected chi connectivity index (χ0v) is 14.5. The predicted molar refractivity (Wildman–Crippen MR) is 89.8 cm³/mol. The topological polar surface area (TPSA) is 110 Å². The van der Waals surface area contributed by atoms with Crippen LogP contribution in [0.25, 0.3) is 5.69 Å². The van der Waals surface area contributed by atoms with E-state index in [0.29, 0.717) is 12.2 Å². The molecule has 0 unspecified atom stereocenters. The lowest BCUT2D eigenvalue weighted by atomic mass is 10.0. The second-order valence-corrected chi connectivity index (χ2v) is 6.35. The summed E-state index contributed by atoms with van der Waals surface area (Å²) < 4.78 is 6.71. The number of rotatable bonds is 3. The molecule has 3 heterocycles. The smallest absolute Gasteiger partial charge is 0.258 e. The van der Waals surface area contributed by atoms with Crippen LogP contribution in [0.4, 0.5) is 0 Å². The second kappa shape index (κ2) is 6.25. The summed E-state index contributed by atoms with van der Waals surface area (Å²) in [4.78, 5) is 14.9. The van der Waals surface area contributed by atoms with Gasteiger partial charge in [-0.15, -0.1) is 5.10 Å². The number of likely N-dealkylation sites (tertiary alicyclic amines) is 1. The molecule has 1 aliphatic rings. The van der Waals surface area contributed by atoms with E-state index in [1.807, 2.05) is 13.8 Å². The number of benzene rings is 1. The monoisotopic (exact) mass is 354 g/mol. The molecular formula is C17H18N6O3. The van der Waals surface area contributed by atoms with Gasteiger partial charge in [-0.25, -0.2) is 4.68 Å². The summed E-state index contributed by atoms with van der Waals surface area (Å²) in [5.41, 5.74) is 2.56. The van der Waals surface area contributed by atoms with Gasteiger partial charge in [-0.3, -0.25) is 4.79 Å². The van der Waals surface area contributed by atoms with Crippen LogP contribution < -0.4 is 0 Å². The average Bonchev–Trinajstić information content (AvgIpc) is 3.36. The third-order valence-corrected chi connectivity index (χ3v) is 4.76. The highest BCUT2D eigenvalue weighted by molar-refractivity contribution is 5.97. The number of nitrogens with zero attached hydrogens (tertiary/aromatic N) is 6. The van der Waals surface area contributed by atoms with E-state index < -0.39 is 0 Å². The largest absolute Gasteiger partial charge is 0.507 e. The summed E-state index contributed by atoms with van der Waals surface area (Å²) in [5, 5.41) is 25.3. The van der Waals surface area contributed by atoms with Crippen molar-refractivity contribution in [3.05, 3.63) is 47.1 Å². The molecule has 0 radical (unpaired) electrons. The summed E-state index contributed by atoms with van der Waals surface area (Å²) in [6, 6.07) is 4.62. The number of phenols is 1. The maximum Gasteiger partial charge on any atom is 0.258 e. The van der Waals surface area contributed by atoms with Crippen molar-refractivity contribution in [1.82, 2.24) is 30.3 Å².